The molecule has 0 aliphatic heterocycles. The number of anilines is 1. The monoisotopic (exact) mass is 276 g/mol. The molecule has 0 saturated heterocycles. The van der Waals surface area contributed by atoms with Crippen molar-refractivity contribution >= 4 is 18.5 Å². The minimum atomic E-state index is 0. The van der Waals surface area contributed by atoms with Gasteiger partial charge in [0.25, 0.3) is 0 Å². The number of hydrogen-bond acceptors (Lipinski definition) is 7. The first-order chi connectivity index (χ1) is 9.21. The summed E-state index contributed by atoms with van der Waals surface area (Å²) in [5, 5.41) is 0. The Hall–Kier alpha value is -2.83. The summed E-state index contributed by atoms with van der Waals surface area (Å²) in [5.41, 5.74) is 6.05. The predicted octanol–water partition coefficient (Wildman–Crippen LogP) is 1.41. The molecular weight excluding hydrogens is 260 g/mol. The zero-order valence-electron chi connectivity index (χ0n) is 10.2. The van der Waals surface area contributed by atoms with E-state index < -0.39 is 0 Å². The largest absolute Gasteiger partial charge is 0.480 e. The first-order valence-corrected chi connectivity index (χ1v) is 5.18. The minimum absolute atomic E-state index is 0. The number of nitrogen functional groups attached to an aromatic ring is 1. The van der Waals surface area contributed by atoms with Gasteiger partial charge in [0, 0.05) is 18.6 Å². The van der Waals surface area contributed by atoms with Gasteiger partial charge in [0.1, 0.15) is 0 Å². The molecule has 2 heterocycles. The van der Waals surface area contributed by atoms with Gasteiger partial charge in [-0.25, -0.2) is 15.0 Å². The van der Waals surface area contributed by atoms with Gasteiger partial charge in [-0.1, -0.05) is 7.43 Å². The second-order valence-corrected chi connectivity index (χ2v) is 3.21. The molecule has 7 nitrogen and oxygen atoms in total. The second kappa shape index (κ2) is 9.15. The Morgan fingerprint density at radius 2 is 1.80 bits per heavy atom. The molecule has 0 aromatic carbocycles. The van der Waals surface area contributed by atoms with E-state index in [1.165, 1.54) is 19.5 Å². The lowest BCUT2D eigenvalue weighted by molar-refractivity contribution is 0.111. The van der Waals surface area contributed by atoms with E-state index in [9.17, 15) is 9.59 Å². The van der Waals surface area contributed by atoms with Crippen molar-refractivity contribution in [2.24, 2.45) is 0 Å². The maximum atomic E-state index is 10.3. The fourth-order valence-corrected chi connectivity index (χ4v) is 1.07. The molecule has 0 radical (unpaired) electrons. The van der Waals surface area contributed by atoms with Crippen LogP contribution < -0.4 is 10.5 Å². The number of pyridine rings is 1. The molecule has 0 saturated carbocycles. The molecule has 0 aliphatic carbocycles. The maximum Gasteiger partial charge on any atom is 0.223 e. The first kappa shape index (κ1) is 17.2. The molecule has 0 bridgehead atoms. The van der Waals surface area contributed by atoms with Crippen molar-refractivity contribution in [1.29, 1.82) is 0 Å². The van der Waals surface area contributed by atoms with E-state index in [1.807, 2.05) is 0 Å². The standard InChI is InChI=1S/C7H7NO2.C5H5N3O.CH4/c1-10-7-6(5-9)3-2-4-8-7;6-5-7-1-4(3-9)2-8-5;/h2-5H,1H3;1-3H,(H2,6,7,8);1H4. The van der Waals surface area contributed by atoms with Crippen LogP contribution >= 0.6 is 0 Å². The second-order valence-electron chi connectivity index (χ2n) is 3.21. The third-order valence-electron chi connectivity index (χ3n) is 1.95. The highest BCUT2D eigenvalue weighted by Gasteiger charge is 1.98. The summed E-state index contributed by atoms with van der Waals surface area (Å²) in [7, 11) is 1.48. The van der Waals surface area contributed by atoms with Gasteiger partial charge in [0.2, 0.25) is 11.8 Å². The Morgan fingerprint density at radius 3 is 2.25 bits per heavy atom. The zero-order chi connectivity index (χ0) is 14.1. The molecule has 0 unspecified atom stereocenters. The van der Waals surface area contributed by atoms with Gasteiger partial charge in [-0.05, 0) is 12.1 Å². The van der Waals surface area contributed by atoms with Crippen LogP contribution in [0.15, 0.2) is 30.7 Å². The van der Waals surface area contributed by atoms with Crippen molar-refractivity contribution in [1.82, 2.24) is 15.0 Å². The van der Waals surface area contributed by atoms with Crippen molar-refractivity contribution in [2.75, 3.05) is 12.8 Å². The average molecular weight is 276 g/mol. The Morgan fingerprint density at radius 1 is 1.15 bits per heavy atom. The summed E-state index contributed by atoms with van der Waals surface area (Å²) in [5.74, 6) is 0.554. The van der Waals surface area contributed by atoms with Crippen LogP contribution in [0.3, 0.4) is 0 Å². The minimum Gasteiger partial charge on any atom is -0.480 e. The van der Waals surface area contributed by atoms with Gasteiger partial charge >= 0.3 is 0 Å². The lowest BCUT2D eigenvalue weighted by atomic mass is 10.3. The summed E-state index contributed by atoms with van der Waals surface area (Å²) >= 11 is 0. The maximum absolute atomic E-state index is 10.3. The molecule has 0 amide bonds. The lowest BCUT2D eigenvalue weighted by Gasteiger charge is -1.98. The highest BCUT2D eigenvalue weighted by molar-refractivity contribution is 5.77. The molecule has 2 aromatic heterocycles. The summed E-state index contributed by atoms with van der Waals surface area (Å²) in [6, 6.07) is 3.34. The Labute approximate surface area is 116 Å². The Kier molecular flexibility index (Phi) is 7.85. The third-order valence-corrected chi connectivity index (χ3v) is 1.95. The summed E-state index contributed by atoms with van der Waals surface area (Å²) < 4.78 is 4.79. The highest BCUT2D eigenvalue weighted by Crippen LogP contribution is 2.09. The van der Waals surface area contributed by atoms with Gasteiger partial charge in [0.05, 0.1) is 18.2 Å². The number of rotatable bonds is 3. The number of ether oxygens (including phenoxy) is 1. The number of aromatic nitrogens is 3. The topological polar surface area (TPSA) is 108 Å². The molecule has 0 fully saturated rings. The van der Waals surface area contributed by atoms with Crippen molar-refractivity contribution in [2.45, 2.75) is 7.43 Å². The van der Waals surface area contributed by atoms with E-state index in [1.54, 1.807) is 18.3 Å². The fraction of sp³-hybridized carbons (Fsp3) is 0.154. The van der Waals surface area contributed by atoms with Crippen LogP contribution in [0, 0.1) is 0 Å². The highest BCUT2D eigenvalue weighted by atomic mass is 16.5. The normalized spacial score (nSPS) is 8.45. The molecule has 2 N–H and O–H groups in total. The summed E-state index contributed by atoms with van der Waals surface area (Å²) in [6.07, 6.45) is 5.70. The average Bonchev–Trinajstić information content (AvgIpc) is 2.48. The van der Waals surface area contributed by atoms with Gasteiger partial charge in [0.15, 0.2) is 12.6 Å². The molecule has 2 aromatic rings. The van der Waals surface area contributed by atoms with Gasteiger partial charge in [-0.3, -0.25) is 9.59 Å². The third kappa shape index (κ3) is 5.21. The lowest BCUT2D eigenvalue weighted by Crippen LogP contribution is -1.94. The van der Waals surface area contributed by atoms with Gasteiger partial charge in [-0.2, -0.15) is 0 Å². The van der Waals surface area contributed by atoms with Crippen molar-refractivity contribution in [3.63, 3.8) is 0 Å². The quantitative estimate of drug-likeness (QED) is 0.844. The van der Waals surface area contributed by atoms with Crippen LogP contribution in [0.5, 0.6) is 5.88 Å². The van der Waals surface area contributed by atoms with Crippen molar-refractivity contribution < 1.29 is 14.3 Å². The van der Waals surface area contributed by atoms with Crippen LogP contribution in [-0.4, -0.2) is 34.6 Å². The van der Waals surface area contributed by atoms with Gasteiger partial charge < -0.3 is 10.5 Å². The van der Waals surface area contributed by atoms with Crippen LogP contribution in [0.25, 0.3) is 0 Å². The van der Waals surface area contributed by atoms with Crippen LogP contribution in [0.2, 0.25) is 0 Å². The van der Waals surface area contributed by atoms with E-state index >= 15 is 0 Å². The van der Waals surface area contributed by atoms with E-state index in [-0.39, 0.29) is 13.4 Å². The summed E-state index contributed by atoms with van der Waals surface area (Å²) in [4.78, 5) is 31.2. The number of methoxy groups -OCH3 is 1. The number of carbonyl (C=O) groups is 2. The molecule has 7 heteroatoms. The molecule has 106 valence electrons. The van der Waals surface area contributed by atoms with E-state index in [2.05, 4.69) is 15.0 Å². The number of aldehydes is 2. The number of carbonyl (C=O) groups excluding carboxylic acids is 2. The molecule has 20 heavy (non-hydrogen) atoms. The van der Waals surface area contributed by atoms with E-state index in [0.717, 1.165) is 0 Å². The summed E-state index contributed by atoms with van der Waals surface area (Å²) in [6.45, 7) is 0. The fourth-order valence-electron chi connectivity index (χ4n) is 1.07. The number of nitrogens with two attached hydrogens (primary N) is 1. The van der Waals surface area contributed by atoms with Crippen LogP contribution in [0.4, 0.5) is 5.95 Å². The molecule has 0 aliphatic rings. The number of hydrogen-bond donors (Lipinski definition) is 1. The predicted molar refractivity (Wildman–Crippen MR) is 74.7 cm³/mol. The Bertz CT molecular complexity index is 544. The van der Waals surface area contributed by atoms with Gasteiger partial charge in [-0.15, -0.1) is 0 Å². The van der Waals surface area contributed by atoms with Crippen molar-refractivity contribution in [3.8, 4) is 5.88 Å². The van der Waals surface area contributed by atoms with E-state index in [4.69, 9.17) is 10.5 Å². The SMILES string of the molecule is C.COc1ncccc1C=O.Nc1ncc(C=O)cn1. The first-order valence-electron chi connectivity index (χ1n) is 5.18. The zero-order valence-corrected chi connectivity index (χ0v) is 10.2. The van der Waals surface area contributed by atoms with Crippen LogP contribution in [-0.2, 0) is 0 Å². The molecule has 0 spiro atoms. The molecule has 2 rings (SSSR count). The molecule has 0 atom stereocenters. The Balaban J connectivity index is 0.000000345. The number of nitrogens with zero attached hydrogens (tertiary/aromatic N) is 3. The van der Waals surface area contributed by atoms with E-state index in [0.29, 0.717) is 29.6 Å². The smallest absolute Gasteiger partial charge is 0.223 e. The van der Waals surface area contributed by atoms with Crippen molar-refractivity contribution in [3.05, 3.63) is 41.9 Å². The van der Waals surface area contributed by atoms with Crippen LogP contribution in [0.1, 0.15) is 28.1 Å². The molecular formula is C13H16N4O3.